The van der Waals surface area contributed by atoms with Crippen LogP contribution in [0, 0.1) is 0 Å². The summed E-state index contributed by atoms with van der Waals surface area (Å²) < 4.78 is 13.3. The Balaban J connectivity index is 1.01. The Morgan fingerprint density at radius 1 is 1.28 bits per heavy atom. The average Bonchev–Trinajstić information content (AvgIpc) is 3.54. The highest BCUT2D eigenvalue weighted by atomic mass is 32.2. The van der Waals surface area contributed by atoms with Crippen LogP contribution in [0.5, 0.6) is 0 Å². The van der Waals surface area contributed by atoms with Crippen molar-refractivity contribution >= 4 is 40.7 Å². The number of unbranched alkanes of at least 4 members (excludes halogenated alkanes) is 1. The highest BCUT2D eigenvalue weighted by Gasteiger charge is 2.42. The van der Waals surface area contributed by atoms with Crippen molar-refractivity contribution in [3.63, 3.8) is 0 Å². The zero-order valence-corrected chi connectivity index (χ0v) is 18.4. The standard InChI is InChI=1S/C20H27N7O4S/c21-18-17-19(23-9-22-18)27(10-24-17)14-6-5-11(31-14)7-30-15(28)4-2-1-3-13-16-12(8-32-13)25-20(29)26-16/h9-14,16H,1-8H2,(H2,21,22,23)(H2,25,26,29)/t11-,12-,13-,14+,16-/m0/s1. The number of hydrogen-bond donors (Lipinski definition) is 3. The van der Waals surface area contributed by atoms with Crippen molar-refractivity contribution in [3.05, 3.63) is 12.7 Å². The number of amides is 2. The number of carbonyl (C=O) groups excluding carboxylic acids is 2. The Labute approximate surface area is 189 Å². The lowest BCUT2D eigenvalue weighted by molar-refractivity contribution is -0.148. The quantitative estimate of drug-likeness (QED) is 0.301. The summed E-state index contributed by atoms with van der Waals surface area (Å²) in [5, 5.41) is 6.36. The van der Waals surface area contributed by atoms with Crippen molar-refractivity contribution in [2.45, 2.75) is 68.2 Å². The second-order valence-corrected chi connectivity index (χ2v) is 9.70. The number of nitrogens with zero attached hydrogens (tertiary/aromatic N) is 4. The van der Waals surface area contributed by atoms with Crippen LogP contribution in [0.2, 0.25) is 0 Å². The molecule has 0 aromatic carbocycles. The lowest BCUT2D eigenvalue weighted by Gasteiger charge is -2.16. The number of carbonyl (C=O) groups is 2. The number of anilines is 1. The number of ether oxygens (including phenoxy) is 2. The van der Waals surface area contributed by atoms with Crippen LogP contribution < -0.4 is 16.4 Å². The van der Waals surface area contributed by atoms with Crippen LogP contribution in [-0.2, 0) is 14.3 Å². The molecule has 3 fully saturated rings. The van der Waals surface area contributed by atoms with E-state index in [9.17, 15) is 9.59 Å². The van der Waals surface area contributed by atoms with Crippen molar-refractivity contribution in [1.29, 1.82) is 0 Å². The molecular formula is C20H27N7O4S. The largest absolute Gasteiger partial charge is 0.463 e. The predicted molar refractivity (Wildman–Crippen MR) is 118 cm³/mol. The predicted octanol–water partition coefficient (Wildman–Crippen LogP) is 1.36. The molecule has 32 heavy (non-hydrogen) atoms. The van der Waals surface area contributed by atoms with Gasteiger partial charge in [0.05, 0.1) is 24.5 Å². The molecular weight excluding hydrogens is 434 g/mol. The van der Waals surface area contributed by atoms with Gasteiger partial charge in [-0.05, 0) is 25.7 Å². The molecule has 5 heterocycles. The summed E-state index contributed by atoms with van der Waals surface area (Å²) in [7, 11) is 0. The first-order valence-electron chi connectivity index (χ1n) is 11.0. The number of nitrogen functional groups attached to an aromatic ring is 1. The summed E-state index contributed by atoms with van der Waals surface area (Å²) in [5.74, 6) is 1.10. The van der Waals surface area contributed by atoms with E-state index >= 15 is 0 Å². The number of thioether (sulfide) groups is 1. The molecule has 172 valence electrons. The highest BCUT2D eigenvalue weighted by Crippen LogP contribution is 2.33. The van der Waals surface area contributed by atoms with Gasteiger partial charge in [0.2, 0.25) is 0 Å². The van der Waals surface area contributed by atoms with Gasteiger partial charge < -0.3 is 25.8 Å². The van der Waals surface area contributed by atoms with Crippen molar-refractivity contribution in [2.24, 2.45) is 0 Å². The van der Waals surface area contributed by atoms with Crippen molar-refractivity contribution < 1.29 is 19.1 Å². The molecule has 2 amide bonds. The summed E-state index contributed by atoms with van der Waals surface area (Å²) in [4.78, 5) is 36.1. The smallest absolute Gasteiger partial charge is 0.315 e. The lowest BCUT2D eigenvalue weighted by Crippen LogP contribution is -2.36. The highest BCUT2D eigenvalue weighted by molar-refractivity contribution is 8.00. The first-order chi connectivity index (χ1) is 15.6. The van der Waals surface area contributed by atoms with Crippen molar-refractivity contribution in [1.82, 2.24) is 30.2 Å². The maximum atomic E-state index is 12.1. The molecule has 3 saturated heterocycles. The van der Waals surface area contributed by atoms with Crippen LogP contribution in [0.3, 0.4) is 0 Å². The number of aromatic nitrogens is 4. The second kappa shape index (κ2) is 9.10. The van der Waals surface area contributed by atoms with Crippen LogP contribution in [-0.4, -0.2) is 67.3 Å². The Hall–Kier alpha value is -2.60. The van der Waals surface area contributed by atoms with E-state index in [2.05, 4.69) is 25.6 Å². The molecule has 0 bridgehead atoms. The Morgan fingerprint density at radius 3 is 3.09 bits per heavy atom. The topological polar surface area (TPSA) is 146 Å². The summed E-state index contributed by atoms with van der Waals surface area (Å²) >= 11 is 1.89. The van der Waals surface area contributed by atoms with Gasteiger partial charge in [-0.2, -0.15) is 11.8 Å². The Morgan fingerprint density at radius 2 is 2.19 bits per heavy atom. The molecule has 12 heteroatoms. The molecule has 5 atom stereocenters. The Kier molecular flexibility index (Phi) is 6.05. The van der Waals surface area contributed by atoms with Gasteiger partial charge in [-0.1, -0.05) is 6.42 Å². The van der Waals surface area contributed by atoms with Gasteiger partial charge in [0.1, 0.15) is 24.7 Å². The molecule has 5 rings (SSSR count). The van der Waals surface area contributed by atoms with Crippen molar-refractivity contribution in [3.8, 4) is 0 Å². The van der Waals surface area contributed by atoms with Crippen molar-refractivity contribution in [2.75, 3.05) is 18.1 Å². The van der Waals surface area contributed by atoms with Crippen LogP contribution in [0.15, 0.2) is 12.7 Å². The number of nitrogens with one attached hydrogen (secondary N) is 2. The minimum Gasteiger partial charge on any atom is -0.463 e. The number of imidazole rings is 1. The summed E-state index contributed by atoms with van der Waals surface area (Å²) in [6.45, 7) is 0.249. The fourth-order valence-corrected chi connectivity index (χ4v) is 6.15. The fourth-order valence-electron chi connectivity index (χ4n) is 4.61. The molecule has 3 aliphatic rings. The van der Waals surface area contributed by atoms with E-state index in [-0.39, 0.29) is 43.0 Å². The second-order valence-electron chi connectivity index (χ2n) is 8.42. The van der Waals surface area contributed by atoms with Gasteiger partial charge >= 0.3 is 12.0 Å². The third kappa shape index (κ3) is 4.33. The van der Waals surface area contributed by atoms with E-state index in [1.165, 1.54) is 6.33 Å². The third-order valence-electron chi connectivity index (χ3n) is 6.27. The molecule has 3 aliphatic heterocycles. The SMILES string of the molecule is Nc1ncnc2c1ncn2[C@H]1CC[C@@H](COC(=O)CCCC[C@@H]2SC[C@@H]3NC(=O)N[C@@H]32)O1. The zero-order chi connectivity index (χ0) is 22.1. The monoisotopic (exact) mass is 461 g/mol. The molecule has 11 nitrogen and oxygen atoms in total. The van der Waals surface area contributed by atoms with Gasteiger partial charge in [-0.25, -0.2) is 19.7 Å². The van der Waals surface area contributed by atoms with E-state index in [4.69, 9.17) is 15.2 Å². The normalized spacial score (nSPS) is 29.1. The van der Waals surface area contributed by atoms with Gasteiger partial charge in [-0.3, -0.25) is 9.36 Å². The number of esters is 1. The number of hydrogen-bond acceptors (Lipinski definition) is 9. The molecule has 0 unspecified atom stereocenters. The van der Waals surface area contributed by atoms with E-state index in [0.29, 0.717) is 28.7 Å². The fraction of sp³-hybridized carbons (Fsp3) is 0.650. The van der Waals surface area contributed by atoms with Crippen LogP contribution in [0.4, 0.5) is 10.6 Å². The molecule has 0 spiro atoms. The van der Waals surface area contributed by atoms with E-state index in [1.807, 2.05) is 16.3 Å². The van der Waals surface area contributed by atoms with E-state index in [1.54, 1.807) is 6.33 Å². The van der Waals surface area contributed by atoms with Crippen LogP contribution >= 0.6 is 11.8 Å². The van der Waals surface area contributed by atoms with Crippen LogP contribution in [0.25, 0.3) is 11.2 Å². The van der Waals surface area contributed by atoms with Gasteiger partial charge in [0.25, 0.3) is 0 Å². The molecule has 2 aromatic rings. The Bertz CT molecular complexity index is 1000. The van der Waals surface area contributed by atoms with Gasteiger partial charge in [0, 0.05) is 17.4 Å². The number of rotatable bonds is 8. The summed E-state index contributed by atoms with van der Waals surface area (Å²) in [5.41, 5.74) is 7.04. The first-order valence-corrected chi connectivity index (χ1v) is 12.1. The lowest BCUT2D eigenvalue weighted by atomic mass is 10.0. The maximum Gasteiger partial charge on any atom is 0.315 e. The average molecular weight is 462 g/mol. The minimum absolute atomic E-state index is 0.0659. The van der Waals surface area contributed by atoms with Gasteiger partial charge in [0.15, 0.2) is 11.5 Å². The molecule has 0 radical (unpaired) electrons. The van der Waals surface area contributed by atoms with Gasteiger partial charge in [-0.15, -0.1) is 0 Å². The maximum absolute atomic E-state index is 12.1. The zero-order valence-electron chi connectivity index (χ0n) is 17.6. The number of urea groups is 1. The molecule has 4 N–H and O–H groups in total. The summed E-state index contributed by atoms with van der Waals surface area (Å²) in [6, 6.07) is 0.383. The number of nitrogens with two attached hydrogens (primary N) is 1. The minimum atomic E-state index is -0.212. The molecule has 2 aromatic heterocycles. The van der Waals surface area contributed by atoms with E-state index in [0.717, 1.165) is 37.9 Å². The molecule has 0 aliphatic carbocycles. The van der Waals surface area contributed by atoms with E-state index < -0.39 is 0 Å². The molecule has 0 saturated carbocycles. The number of fused-ring (bicyclic) bond motifs is 2. The van der Waals surface area contributed by atoms with Crippen LogP contribution in [0.1, 0.15) is 44.8 Å². The first kappa shape index (κ1) is 21.3. The summed E-state index contributed by atoms with van der Waals surface area (Å²) in [6.07, 6.45) is 7.39. The third-order valence-corrected chi connectivity index (χ3v) is 7.78.